The Balaban J connectivity index is 1.94. The summed E-state index contributed by atoms with van der Waals surface area (Å²) >= 11 is 1.24. The number of benzene rings is 3. The summed E-state index contributed by atoms with van der Waals surface area (Å²) in [6.07, 6.45) is 1.66. The van der Waals surface area contributed by atoms with Crippen LogP contribution in [0.15, 0.2) is 76.5 Å². The van der Waals surface area contributed by atoms with Crippen LogP contribution in [0.2, 0.25) is 0 Å². The molecule has 0 aliphatic carbocycles. The molecular formula is C26H29N5O6S. The van der Waals surface area contributed by atoms with Crippen LogP contribution in [0.5, 0.6) is 5.75 Å². The monoisotopic (exact) mass is 539 g/mol. The molecule has 1 atom stereocenters. The molecule has 0 heterocycles. The minimum atomic E-state index is -1.04. The van der Waals surface area contributed by atoms with Gasteiger partial charge < -0.3 is 26.3 Å². The summed E-state index contributed by atoms with van der Waals surface area (Å²) < 4.78 is 5.34. The van der Waals surface area contributed by atoms with E-state index in [1.807, 2.05) is 0 Å². The van der Waals surface area contributed by atoms with Crippen LogP contribution in [0, 0.1) is 10.1 Å². The number of non-ortho nitro benzene ring substituents is 1. The molecule has 0 bridgehead atoms. The van der Waals surface area contributed by atoms with Gasteiger partial charge in [-0.05, 0) is 62.2 Å². The van der Waals surface area contributed by atoms with Gasteiger partial charge in [0.15, 0.2) is 0 Å². The summed E-state index contributed by atoms with van der Waals surface area (Å²) in [4.78, 5) is 37.1. The normalized spacial score (nSPS) is 11.4. The van der Waals surface area contributed by atoms with Gasteiger partial charge in [0.2, 0.25) is 0 Å². The van der Waals surface area contributed by atoms with E-state index in [0.717, 1.165) is 0 Å². The summed E-state index contributed by atoms with van der Waals surface area (Å²) in [6, 6.07) is 17.1. The second kappa shape index (κ2) is 14.0. The molecule has 38 heavy (non-hydrogen) atoms. The van der Waals surface area contributed by atoms with Crippen LogP contribution in [-0.2, 0) is 4.79 Å². The van der Waals surface area contributed by atoms with E-state index < -0.39 is 22.8 Å². The fraction of sp³-hybridized carbons (Fsp3) is 0.231. The number of nitrogens with two attached hydrogens (primary N) is 1. The van der Waals surface area contributed by atoms with E-state index in [9.17, 15) is 24.8 Å². The number of nitrogens with zero attached hydrogens (tertiary/aromatic N) is 1. The van der Waals surface area contributed by atoms with Gasteiger partial charge in [0, 0.05) is 21.9 Å². The third-order valence-electron chi connectivity index (χ3n) is 5.51. The van der Waals surface area contributed by atoms with Gasteiger partial charge in [-0.2, -0.15) is 0 Å². The number of carbonyl (C=O) groups excluding carboxylic acids is 1. The summed E-state index contributed by atoms with van der Waals surface area (Å²) in [7, 11) is 1.50. The van der Waals surface area contributed by atoms with Gasteiger partial charge >= 0.3 is 5.97 Å². The molecule has 0 spiro atoms. The first-order valence-corrected chi connectivity index (χ1v) is 12.6. The number of para-hydroxylation sites is 2. The zero-order chi connectivity index (χ0) is 27.5. The molecule has 3 rings (SSSR count). The molecule has 0 aliphatic heterocycles. The van der Waals surface area contributed by atoms with E-state index in [2.05, 4.69) is 16.2 Å². The molecule has 0 saturated carbocycles. The first-order valence-electron chi connectivity index (χ1n) is 11.8. The maximum Gasteiger partial charge on any atom is 0.322 e. The highest BCUT2D eigenvalue weighted by Gasteiger charge is 2.22. The lowest BCUT2D eigenvalue weighted by molar-refractivity contribution is -0.384. The van der Waals surface area contributed by atoms with Crippen molar-refractivity contribution < 1.29 is 24.4 Å². The average molecular weight is 540 g/mol. The topological polar surface area (TPSA) is 169 Å². The quantitative estimate of drug-likeness (QED) is 0.112. The Morgan fingerprint density at radius 1 is 1.05 bits per heavy atom. The smallest absolute Gasteiger partial charge is 0.322 e. The minimum absolute atomic E-state index is 0.0440. The first-order chi connectivity index (χ1) is 18.3. The molecule has 0 saturated heterocycles. The van der Waals surface area contributed by atoms with Gasteiger partial charge in [0.05, 0.1) is 29.0 Å². The number of carboxylic acid groups (broad SMARTS) is 1. The number of anilines is 2. The summed E-state index contributed by atoms with van der Waals surface area (Å²) in [6.45, 7) is 0.467. The number of amides is 1. The van der Waals surface area contributed by atoms with Crippen LogP contribution in [0.3, 0.4) is 0 Å². The third-order valence-corrected chi connectivity index (χ3v) is 6.58. The number of nitro groups is 1. The van der Waals surface area contributed by atoms with Crippen molar-refractivity contribution in [3.05, 3.63) is 82.4 Å². The highest BCUT2D eigenvalue weighted by molar-refractivity contribution is 7.99. The molecule has 12 heteroatoms. The van der Waals surface area contributed by atoms with Crippen LogP contribution in [-0.4, -0.2) is 41.6 Å². The van der Waals surface area contributed by atoms with Gasteiger partial charge in [0.1, 0.15) is 11.8 Å². The van der Waals surface area contributed by atoms with Crippen LogP contribution in [0.4, 0.5) is 17.1 Å². The molecule has 0 radical (unpaired) electrons. The highest BCUT2D eigenvalue weighted by Crippen LogP contribution is 2.36. The number of carboxylic acids is 1. The standard InChI is InChI=1S/C26H29N5O6S/c1-37-22-10-3-2-7-19(22)28-25(32)24-20(29-30-21(26(33)34)8-4-5-16-27)9-6-11-23(24)38-18-14-12-17(13-15-18)31(35)36/h2-3,6-7,9-15,21,29-30H,4-5,8,16,27H2,1H3,(H,28,32)(H,33,34)/t21-/m0/s1. The number of hydrogen-bond acceptors (Lipinski definition) is 9. The summed E-state index contributed by atoms with van der Waals surface area (Å²) in [5, 5.41) is 23.5. The van der Waals surface area contributed by atoms with Crippen LogP contribution in [0.25, 0.3) is 0 Å². The Labute approximate surface area is 223 Å². The molecule has 0 unspecified atom stereocenters. The zero-order valence-electron chi connectivity index (χ0n) is 20.7. The maximum absolute atomic E-state index is 13.6. The van der Waals surface area contributed by atoms with E-state index in [1.165, 1.54) is 31.0 Å². The van der Waals surface area contributed by atoms with Gasteiger partial charge in [-0.3, -0.25) is 19.7 Å². The first kappa shape index (κ1) is 28.4. The predicted molar refractivity (Wildman–Crippen MR) is 146 cm³/mol. The molecule has 0 aliphatic rings. The Kier molecular flexibility index (Phi) is 10.5. The van der Waals surface area contributed by atoms with Gasteiger partial charge in [-0.15, -0.1) is 0 Å². The highest BCUT2D eigenvalue weighted by atomic mass is 32.2. The average Bonchev–Trinajstić information content (AvgIpc) is 2.91. The number of rotatable bonds is 14. The van der Waals surface area contributed by atoms with Crippen LogP contribution < -0.4 is 26.6 Å². The number of aliphatic carboxylic acids is 1. The van der Waals surface area contributed by atoms with Crippen molar-refractivity contribution in [2.24, 2.45) is 5.73 Å². The SMILES string of the molecule is COc1ccccc1NC(=O)c1c(NN[C@@H](CCCCN)C(=O)O)cccc1Sc1ccc([N+](=O)[O-])cc1. The summed E-state index contributed by atoms with van der Waals surface area (Å²) in [5.41, 5.74) is 12.3. The van der Waals surface area contributed by atoms with E-state index >= 15 is 0 Å². The number of unbranched alkanes of at least 4 members (excludes halogenated alkanes) is 1. The molecule has 0 aromatic heterocycles. The van der Waals surface area contributed by atoms with E-state index in [-0.39, 0.29) is 11.3 Å². The zero-order valence-corrected chi connectivity index (χ0v) is 21.5. The van der Waals surface area contributed by atoms with Gasteiger partial charge in [-0.1, -0.05) is 30.0 Å². The second-order valence-electron chi connectivity index (χ2n) is 8.13. The van der Waals surface area contributed by atoms with Crippen molar-refractivity contribution in [2.45, 2.75) is 35.1 Å². The molecule has 3 aromatic carbocycles. The van der Waals surface area contributed by atoms with Crippen molar-refractivity contribution in [3.63, 3.8) is 0 Å². The lowest BCUT2D eigenvalue weighted by Crippen LogP contribution is -2.40. The third kappa shape index (κ3) is 7.68. The molecule has 200 valence electrons. The fourth-order valence-corrected chi connectivity index (χ4v) is 4.54. The number of nitro benzene ring substituents is 1. The molecular weight excluding hydrogens is 510 g/mol. The lowest BCUT2D eigenvalue weighted by Gasteiger charge is -2.20. The number of ether oxygens (including phenoxy) is 1. The molecule has 1 amide bonds. The second-order valence-corrected chi connectivity index (χ2v) is 9.25. The minimum Gasteiger partial charge on any atom is -0.495 e. The molecule has 3 aromatic rings. The number of hydrazine groups is 1. The number of methoxy groups -OCH3 is 1. The van der Waals surface area contributed by atoms with Crippen molar-refractivity contribution in [3.8, 4) is 5.75 Å². The van der Waals surface area contributed by atoms with Crippen molar-refractivity contribution in [1.29, 1.82) is 0 Å². The maximum atomic E-state index is 13.6. The predicted octanol–water partition coefficient (Wildman–Crippen LogP) is 4.51. The van der Waals surface area contributed by atoms with Crippen molar-refractivity contribution in [1.82, 2.24) is 5.43 Å². The number of nitrogens with one attached hydrogen (secondary N) is 3. The fourth-order valence-electron chi connectivity index (χ4n) is 3.57. The van der Waals surface area contributed by atoms with Crippen molar-refractivity contribution >= 4 is 40.7 Å². The molecule has 0 fully saturated rings. The Hall–Kier alpha value is -4.13. The summed E-state index contributed by atoms with van der Waals surface area (Å²) in [5.74, 6) is -1.02. The van der Waals surface area contributed by atoms with Crippen molar-refractivity contribution in [2.75, 3.05) is 24.4 Å². The van der Waals surface area contributed by atoms with E-state index in [4.69, 9.17) is 10.5 Å². The van der Waals surface area contributed by atoms with Crippen LogP contribution >= 0.6 is 11.8 Å². The Morgan fingerprint density at radius 2 is 1.76 bits per heavy atom. The Bertz CT molecular complexity index is 1270. The number of carbonyl (C=O) groups is 2. The lowest BCUT2D eigenvalue weighted by atomic mass is 10.1. The van der Waals surface area contributed by atoms with Gasteiger partial charge in [-0.25, -0.2) is 5.43 Å². The number of hydrogen-bond donors (Lipinski definition) is 5. The molecule has 6 N–H and O–H groups in total. The Morgan fingerprint density at radius 3 is 2.42 bits per heavy atom. The molecule has 11 nitrogen and oxygen atoms in total. The largest absolute Gasteiger partial charge is 0.495 e. The van der Waals surface area contributed by atoms with Crippen LogP contribution in [0.1, 0.15) is 29.6 Å². The van der Waals surface area contributed by atoms with E-state index in [1.54, 1.807) is 54.6 Å². The van der Waals surface area contributed by atoms with Gasteiger partial charge in [0.25, 0.3) is 11.6 Å². The van der Waals surface area contributed by atoms with E-state index in [0.29, 0.717) is 52.7 Å².